The number of carbonyl (C=O) groups is 2. The molecule has 1 heterocycles. The fourth-order valence-corrected chi connectivity index (χ4v) is 3.33. The van der Waals surface area contributed by atoms with Gasteiger partial charge in [-0.1, -0.05) is 20.8 Å². The number of benzene rings is 1. The van der Waals surface area contributed by atoms with Gasteiger partial charge in [0.1, 0.15) is 12.1 Å². The second-order valence-corrected chi connectivity index (χ2v) is 7.84. The molecule has 0 spiro atoms. The molecule has 0 aliphatic carbocycles. The van der Waals surface area contributed by atoms with Crippen molar-refractivity contribution in [2.24, 2.45) is 5.41 Å². The number of carboxylic acid groups (broad SMARTS) is 2. The smallest absolute Gasteiger partial charge is 0.407 e. The van der Waals surface area contributed by atoms with E-state index >= 15 is 0 Å². The summed E-state index contributed by atoms with van der Waals surface area (Å²) in [6.07, 6.45) is -0.962. The lowest BCUT2D eigenvalue weighted by molar-refractivity contribution is -0.385. The number of nitrogens with zero attached hydrogens (tertiary/aromatic N) is 4. The number of amides is 1. The second kappa shape index (κ2) is 7.72. The third-order valence-electron chi connectivity index (χ3n) is 4.53. The zero-order valence-corrected chi connectivity index (χ0v) is 15.9. The van der Waals surface area contributed by atoms with Gasteiger partial charge in [0, 0.05) is 19.2 Å². The maximum absolute atomic E-state index is 11.7. The van der Waals surface area contributed by atoms with Gasteiger partial charge in [-0.05, 0) is 17.9 Å². The Balaban J connectivity index is 2.60. The number of aliphatic carboxylic acids is 1. The van der Waals surface area contributed by atoms with Gasteiger partial charge in [-0.25, -0.2) is 9.59 Å². The molecule has 2 N–H and O–H groups in total. The molecule has 1 saturated heterocycles. The Labute approximate surface area is 161 Å². The largest absolute Gasteiger partial charge is 0.480 e. The molecule has 1 fully saturated rings. The maximum atomic E-state index is 11.7. The highest BCUT2D eigenvalue weighted by molar-refractivity contribution is 5.82. The molecule has 1 amide bonds. The summed E-state index contributed by atoms with van der Waals surface area (Å²) in [6.45, 7) is 5.52. The zero-order valence-electron chi connectivity index (χ0n) is 15.9. The molecule has 1 atom stereocenters. The monoisotopic (exact) mass is 390 g/mol. The molecular formula is C18H22N4O6. The Morgan fingerprint density at radius 1 is 1.32 bits per heavy atom. The minimum Gasteiger partial charge on any atom is -0.480 e. The van der Waals surface area contributed by atoms with Crippen molar-refractivity contribution in [3.63, 3.8) is 0 Å². The number of hydrogen-bond acceptors (Lipinski definition) is 6. The van der Waals surface area contributed by atoms with Crippen molar-refractivity contribution in [3.05, 3.63) is 33.4 Å². The third-order valence-corrected chi connectivity index (χ3v) is 4.53. The van der Waals surface area contributed by atoms with Crippen molar-refractivity contribution in [1.29, 1.82) is 5.26 Å². The van der Waals surface area contributed by atoms with Gasteiger partial charge < -0.3 is 20.0 Å². The van der Waals surface area contributed by atoms with Gasteiger partial charge in [0.25, 0.3) is 5.69 Å². The minimum absolute atomic E-state index is 0.0548. The summed E-state index contributed by atoms with van der Waals surface area (Å²) < 4.78 is 0. The maximum Gasteiger partial charge on any atom is 0.407 e. The molecule has 150 valence electrons. The van der Waals surface area contributed by atoms with Crippen LogP contribution in [0.2, 0.25) is 0 Å². The average molecular weight is 390 g/mol. The molecule has 28 heavy (non-hydrogen) atoms. The molecular weight excluding hydrogens is 368 g/mol. The van der Waals surface area contributed by atoms with Crippen LogP contribution in [-0.2, 0) is 11.2 Å². The Morgan fingerprint density at radius 2 is 1.96 bits per heavy atom. The number of nitriles is 1. The SMILES string of the molecule is CC(C)(C)Cc1c([N+](=O)[O-])ccc(N2CCN(C(=O)O)CC2C(=O)O)c1C#N. The Morgan fingerprint density at radius 3 is 2.43 bits per heavy atom. The fourth-order valence-electron chi connectivity index (χ4n) is 3.33. The van der Waals surface area contributed by atoms with Gasteiger partial charge in [-0.2, -0.15) is 5.26 Å². The van der Waals surface area contributed by atoms with Gasteiger partial charge in [0.2, 0.25) is 0 Å². The molecule has 0 radical (unpaired) electrons. The quantitative estimate of drug-likeness (QED) is 0.588. The van der Waals surface area contributed by atoms with Crippen LogP contribution in [0.4, 0.5) is 16.2 Å². The first-order chi connectivity index (χ1) is 13.0. The topological polar surface area (TPSA) is 148 Å². The van der Waals surface area contributed by atoms with E-state index in [4.69, 9.17) is 5.11 Å². The summed E-state index contributed by atoms with van der Waals surface area (Å²) >= 11 is 0. The molecule has 1 aromatic carbocycles. The molecule has 1 aromatic rings. The number of nitro groups is 1. The summed E-state index contributed by atoms with van der Waals surface area (Å²) in [5, 5.41) is 39.9. The van der Waals surface area contributed by atoms with Crippen LogP contribution in [-0.4, -0.2) is 57.8 Å². The molecule has 2 rings (SSSR count). The van der Waals surface area contributed by atoms with E-state index in [1.807, 2.05) is 26.8 Å². The zero-order chi connectivity index (χ0) is 21.2. The van der Waals surface area contributed by atoms with Gasteiger partial charge >= 0.3 is 12.1 Å². The van der Waals surface area contributed by atoms with Crippen molar-refractivity contribution < 1.29 is 24.7 Å². The molecule has 1 unspecified atom stereocenters. The normalized spacial score (nSPS) is 17.1. The number of hydrogen-bond donors (Lipinski definition) is 2. The lowest BCUT2D eigenvalue weighted by Gasteiger charge is -2.40. The summed E-state index contributed by atoms with van der Waals surface area (Å²) in [4.78, 5) is 36.3. The van der Waals surface area contributed by atoms with E-state index < -0.39 is 23.0 Å². The van der Waals surface area contributed by atoms with Gasteiger partial charge in [-0.3, -0.25) is 10.1 Å². The summed E-state index contributed by atoms with van der Waals surface area (Å²) in [5.74, 6) is -1.23. The van der Waals surface area contributed by atoms with Crippen LogP contribution < -0.4 is 4.90 Å². The Hall–Kier alpha value is -3.35. The summed E-state index contributed by atoms with van der Waals surface area (Å²) in [6, 6.07) is 3.46. The highest BCUT2D eigenvalue weighted by Crippen LogP contribution is 2.36. The highest BCUT2D eigenvalue weighted by Gasteiger charge is 2.37. The van der Waals surface area contributed by atoms with Crippen LogP contribution >= 0.6 is 0 Å². The first kappa shape index (κ1) is 21.0. The number of anilines is 1. The van der Waals surface area contributed by atoms with Crippen LogP contribution in [0, 0.1) is 26.9 Å². The Bertz CT molecular complexity index is 855. The number of piperazine rings is 1. The van der Waals surface area contributed by atoms with E-state index in [0.717, 1.165) is 4.90 Å². The molecule has 0 aromatic heterocycles. The summed E-state index contributed by atoms with van der Waals surface area (Å²) in [5.41, 5.74) is 0.0425. The van der Waals surface area contributed by atoms with Crippen molar-refractivity contribution >= 4 is 23.4 Å². The summed E-state index contributed by atoms with van der Waals surface area (Å²) in [7, 11) is 0. The minimum atomic E-state index is -1.23. The van der Waals surface area contributed by atoms with Crippen LogP contribution in [0.1, 0.15) is 31.9 Å². The lowest BCUT2D eigenvalue weighted by Crippen LogP contribution is -2.58. The first-order valence-electron chi connectivity index (χ1n) is 8.64. The van der Waals surface area contributed by atoms with Gasteiger partial charge in [0.15, 0.2) is 0 Å². The first-order valence-corrected chi connectivity index (χ1v) is 8.64. The van der Waals surface area contributed by atoms with E-state index in [1.54, 1.807) is 0 Å². The lowest BCUT2D eigenvalue weighted by atomic mass is 9.85. The molecule has 0 saturated carbocycles. The van der Waals surface area contributed by atoms with E-state index in [0.29, 0.717) is 0 Å². The molecule has 0 bridgehead atoms. The van der Waals surface area contributed by atoms with Crippen LogP contribution in [0.25, 0.3) is 0 Å². The average Bonchev–Trinajstić information content (AvgIpc) is 2.59. The predicted octanol–water partition coefficient (Wildman–Crippen LogP) is 2.31. The molecule has 1 aliphatic heterocycles. The van der Waals surface area contributed by atoms with E-state index in [9.17, 15) is 30.1 Å². The van der Waals surface area contributed by atoms with Gasteiger partial charge in [0.05, 0.1) is 28.3 Å². The Kier molecular flexibility index (Phi) is 5.78. The van der Waals surface area contributed by atoms with Crippen molar-refractivity contribution in [2.45, 2.75) is 33.2 Å². The molecule has 10 heteroatoms. The van der Waals surface area contributed by atoms with Crippen molar-refractivity contribution in [1.82, 2.24) is 4.90 Å². The number of nitro benzene ring substituents is 1. The number of carboxylic acids is 1. The van der Waals surface area contributed by atoms with Crippen LogP contribution in [0.15, 0.2) is 12.1 Å². The second-order valence-electron chi connectivity index (χ2n) is 7.84. The van der Waals surface area contributed by atoms with Crippen LogP contribution in [0.3, 0.4) is 0 Å². The fraction of sp³-hybridized carbons (Fsp3) is 0.500. The number of rotatable bonds is 4. The third kappa shape index (κ3) is 4.31. The highest BCUT2D eigenvalue weighted by atomic mass is 16.6. The predicted molar refractivity (Wildman–Crippen MR) is 99.3 cm³/mol. The van der Waals surface area contributed by atoms with E-state index in [1.165, 1.54) is 17.0 Å². The van der Waals surface area contributed by atoms with E-state index in [2.05, 4.69) is 0 Å². The van der Waals surface area contributed by atoms with Gasteiger partial charge in [-0.15, -0.1) is 0 Å². The van der Waals surface area contributed by atoms with Crippen molar-refractivity contribution in [2.75, 3.05) is 24.5 Å². The van der Waals surface area contributed by atoms with Crippen molar-refractivity contribution in [3.8, 4) is 6.07 Å². The molecule has 1 aliphatic rings. The molecule has 10 nitrogen and oxygen atoms in total. The van der Waals surface area contributed by atoms with E-state index in [-0.39, 0.29) is 54.0 Å². The van der Waals surface area contributed by atoms with Crippen LogP contribution in [0.5, 0.6) is 0 Å². The standard InChI is InChI=1S/C18H22N4O6/c1-18(2,3)8-11-12(9-19)13(4-5-14(11)22(27)28)21-7-6-20(17(25)26)10-15(21)16(23)24/h4-5,15H,6-8,10H2,1-3H3,(H,23,24)(H,25,26).